The summed E-state index contributed by atoms with van der Waals surface area (Å²) >= 11 is 0. The number of ether oxygens (including phenoxy) is 1. The van der Waals surface area contributed by atoms with Crippen LogP contribution in [0.1, 0.15) is 46.0 Å². The molecule has 1 fully saturated rings. The number of carboxylic acid groups (broad SMARTS) is 1. The van der Waals surface area contributed by atoms with Gasteiger partial charge >= 0.3 is 0 Å². The molecule has 0 heterocycles. The number of carbonyl (C=O) groups is 1. The minimum Gasteiger partial charge on any atom is -0.481 e. The largest absolute Gasteiger partial charge is 0.481 e. The third-order valence-corrected chi connectivity index (χ3v) is 2.36. The van der Waals surface area contributed by atoms with E-state index in [1.54, 1.807) is 12.4 Å². The molecule has 5 heteroatoms. The Morgan fingerprint density at radius 2 is 1.94 bits per heavy atom. The van der Waals surface area contributed by atoms with E-state index in [4.69, 9.17) is 14.6 Å². The first-order valence-corrected chi connectivity index (χ1v) is 6.32. The van der Waals surface area contributed by atoms with Crippen LogP contribution in [0.25, 0.3) is 0 Å². The number of carboxylic acids is 1. The van der Waals surface area contributed by atoms with E-state index in [-0.39, 0.29) is 0 Å². The van der Waals surface area contributed by atoms with Crippen molar-refractivity contribution in [1.82, 2.24) is 5.32 Å². The lowest BCUT2D eigenvalue weighted by atomic mass is 9.98. The Balaban J connectivity index is 0.000000631. The highest BCUT2D eigenvalue weighted by Crippen LogP contribution is 2.22. The van der Waals surface area contributed by atoms with Crippen molar-refractivity contribution < 1.29 is 14.6 Å². The van der Waals surface area contributed by atoms with Gasteiger partial charge in [0.05, 0.1) is 6.20 Å². The molecule has 104 valence electrons. The minimum atomic E-state index is -0.833. The molecule has 2 N–H and O–H groups in total. The number of aliphatic carboxylic acids is 1. The minimum absolute atomic E-state index is 0.368. The van der Waals surface area contributed by atoms with E-state index >= 15 is 0 Å². The summed E-state index contributed by atoms with van der Waals surface area (Å²) in [5.41, 5.74) is 0. The van der Waals surface area contributed by atoms with Gasteiger partial charge in [-0.05, 0) is 32.6 Å². The molecule has 0 bridgehead atoms. The molecule has 0 saturated heterocycles. The lowest BCUT2D eigenvalue weighted by molar-refractivity contribution is -0.134. The van der Waals surface area contributed by atoms with Crippen LogP contribution in [0, 0.1) is 0 Å². The maximum atomic E-state index is 9.00. The number of rotatable bonds is 4. The first-order chi connectivity index (χ1) is 8.60. The highest BCUT2D eigenvalue weighted by Gasteiger charge is 2.15. The van der Waals surface area contributed by atoms with Crippen LogP contribution in [0.2, 0.25) is 0 Å². The number of nitrogens with zero attached hydrogens (tertiary/aromatic N) is 1. The molecule has 0 aromatic rings. The smallest absolute Gasteiger partial charge is 0.300 e. The summed E-state index contributed by atoms with van der Waals surface area (Å²) in [6.45, 7) is 2.98. The molecular formula is C13H24N2O3. The van der Waals surface area contributed by atoms with Crippen molar-refractivity contribution in [1.29, 1.82) is 0 Å². The fraction of sp³-hybridized carbons (Fsp3) is 0.692. The van der Waals surface area contributed by atoms with Gasteiger partial charge in [0, 0.05) is 20.2 Å². The number of hydrogen-bond donors (Lipinski definition) is 2. The first kappa shape index (κ1) is 16.5. The van der Waals surface area contributed by atoms with Gasteiger partial charge in [0.15, 0.2) is 0 Å². The number of hydrogen-bond acceptors (Lipinski definition) is 4. The van der Waals surface area contributed by atoms with E-state index in [0.717, 1.165) is 6.92 Å². The van der Waals surface area contributed by atoms with Crippen molar-refractivity contribution in [2.75, 3.05) is 7.05 Å². The molecule has 1 aliphatic rings. The Bertz CT molecular complexity index is 278. The van der Waals surface area contributed by atoms with Gasteiger partial charge in [-0.2, -0.15) is 0 Å². The van der Waals surface area contributed by atoms with E-state index in [2.05, 4.69) is 10.3 Å². The van der Waals surface area contributed by atoms with Gasteiger partial charge in [-0.15, -0.1) is 0 Å². The summed E-state index contributed by atoms with van der Waals surface area (Å²) in [6.07, 6.45) is 10.2. The highest BCUT2D eigenvalue weighted by molar-refractivity contribution is 5.62. The molecule has 1 rings (SSSR count). The van der Waals surface area contributed by atoms with Gasteiger partial charge in [-0.25, -0.2) is 4.99 Å². The van der Waals surface area contributed by atoms with Crippen molar-refractivity contribution in [3.63, 3.8) is 0 Å². The van der Waals surface area contributed by atoms with Crippen molar-refractivity contribution in [2.45, 2.75) is 52.1 Å². The van der Waals surface area contributed by atoms with E-state index in [1.165, 1.54) is 32.1 Å². The van der Waals surface area contributed by atoms with Gasteiger partial charge in [0.2, 0.25) is 5.88 Å². The molecule has 0 unspecified atom stereocenters. The molecule has 1 aliphatic carbocycles. The van der Waals surface area contributed by atoms with E-state index in [9.17, 15) is 0 Å². The van der Waals surface area contributed by atoms with Crippen molar-refractivity contribution >= 4 is 12.2 Å². The third-order valence-electron chi connectivity index (χ3n) is 2.36. The van der Waals surface area contributed by atoms with Crippen LogP contribution in [-0.2, 0) is 9.53 Å². The Kier molecular flexibility index (Phi) is 9.73. The number of nitrogens with one attached hydrogen (secondary N) is 1. The van der Waals surface area contributed by atoms with Crippen LogP contribution in [0.5, 0.6) is 0 Å². The lowest BCUT2D eigenvalue weighted by Gasteiger charge is -2.22. The second-order valence-electron chi connectivity index (χ2n) is 4.06. The van der Waals surface area contributed by atoms with Crippen LogP contribution in [-0.4, -0.2) is 30.4 Å². The van der Waals surface area contributed by atoms with Crippen molar-refractivity contribution in [2.24, 2.45) is 4.99 Å². The summed E-state index contributed by atoms with van der Waals surface area (Å²) < 4.78 is 5.77. The van der Waals surface area contributed by atoms with Crippen LogP contribution >= 0.6 is 0 Å². The molecule has 18 heavy (non-hydrogen) atoms. The number of aliphatic imine (C=N–C) groups is 1. The lowest BCUT2D eigenvalue weighted by Crippen LogP contribution is -2.16. The summed E-state index contributed by atoms with van der Waals surface area (Å²) in [6, 6.07) is 0. The predicted molar refractivity (Wildman–Crippen MR) is 72.6 cm³/mol. The van der Waals surface area contributed by atoms with Crippen molar-refractivity contribution in [3.8, 4) is 0 Å². The Labute approximate surface area is 109 Å². The summed E-state index contributed by atoms with van der Waals surface area (Å²) in [5, 5.41) is 10.4. The zero-order chi connectivity index (χ0) is 13.8. The Morgan fingerprint density at radius 1 is 1.39 bits per heavy atom. The molecule has 1 saturated carbocycles. The van der Waals surface area contributed by atoms with Crippen LogP contribution in [0.3, 0.4) is 0 Å². The quantitative estimate of drug-likeness (QED) is 0.599. The van der Waals surface area contributed by atoms with Gasteiger partial charge in [-0.1, -0.05) is 6.42 Å². The Morgan fingerprint density at radius 3 is 2.39 bits per heavy atom. The predicted octanol–water partition coefficient (Wildman–Crippen LogP) is 2.54. The third kappa shape index (κ3) is 9.69. The zero-order valence-corrected chi connectivity index (χ0v) is 11.5. The summed E-state index contributed by atoms with van der Waals surface area (Å²) in [5.74, 6) is -0.137. The zero-order valence-electron chi connectivity index (χ0n) is 11.5. The topological polar surface area (TPSA) is 70.9 Å². The molecule has 0 amide bonds. The fourth-order valence-corrected chi connectivity index (χ4v) is 1.71. The standard InChI is InChI=1S/C11H20N2O.C2H4O2/c1-3-13-11(9-12-2)14-10-7-5-4-6-8-10;1-2(3)4/h3,9-10,12H,4-8H2,1-2H3;1H3,(H,3,4)/b11-9+,13-3-;. The maximum absolute atomic E-state index is 9.00. The second kappa shape index (κ2) is 10.6. The summed E-state index contributed by atoms with van der Waals surface area (Å²) in [4.78, 5) is 13.2. The average molecular weight is 256 g/mol. The van der Waals surface area contributed by atoms with Gasteiger partial charge in [0.25, 0.3) is 5.97 Å². The Hall–Kier alpha value is -1.52. The SMILES string of the molecule is C/C=N\C(=C/NC)OC1CCCCC1.CC(=O)O. The normalized spacial score (nSPS) is 16.9. The monoisotopic (exact) mass is 256 g/mol. The van der Waals surface area contributed by atoms with Crippen molar-refractivity contribution in [3.05, 3.63) is 12.1 Å². The van der Waals surface area contributed by atoms with E-state index < -0.39 is 5.97 Å². The van der Waals surface area contributed by atoms with Crippen LogP contribution in [0.4, 0.5) is 0 Å². The molecule has 0 aromatic carbocycles. The van der Waals surface area contributed by atoms with E-state index in [0.29, 0.717) is 12.0 Å². The molecule has 0 spiro atoms. The van der Waals surface area contributed by atoms with Crippen LogP contribution in [0.15, 0.2) is 17.1 Å². The fourth-order valence-electron chi connectivity index (χ4n) is 1.71. The van der Waals surface area contributed by atoms with Gasteiger partial charge in [-0.3, -0.25) is 4.79 Å². The molecular weight excluding hydrogens is 232 g/mol. The molecule has 0 aliphatic heterocycles. The second-order valence-corrected chi connectivity index (χ2v) is 4.06. The van der Waals surface area contributed by atoms with Crippen LogP contribution < -0.4 is 5.32 Å². The van der Waals surface area contributed by atoms with Gasteiger partial charge in [0.1, 0.15) is 6.10 Å². The molecule has 0 aromatic heterocycles. The van der Waals surface area contributed by atoms with Gasteiger partial charge < -0.3 is 15.2 Å². The van der Waals surface area contributed by atoms with E-state index in [1.807, 2.05) is 14.0 Å². The molecule has 0 radical (unpaired) electrons. The first-order valence-electron chi connectivity index (χ1n) is 6.32. The molecule has 5 nitrogen and oxygen atoms in total. The molecule has 0 atom stereocenters. The highest BCUT2D eigenvalue weighted by atomic mass is 16.5. The summed E-state index contributed by atoms with van der Waals surface area (Å²) in [7, 11) is 1.86. The average Bonchev–Trinajstić information content (AvgIpc) is 2.30. The maximum Gasteiger partial charge on any atom is 0.300 e.